The lowest BCUT2D eigenvalue weighted by Gasteiger charge is -2.11. The van der Waals surface area contributed by atoms with Gasteiger partial charge in [0.1, 0.15) is 0 Å². The molecule has 0 fully saturated rings. The largest absolute Gasteiger partial charge is 0.396 e. The molecule has 0 saturated heterocycles. The van der Waals surface area contributed by atoms with E-state index in [1.165, 1.54) is 0 Å². The van der Waals surface area contributed by atoms with E-state index in [4.69, 9.17) is 9.84 Å². The van der Waals surface area contributed by atoms with Crippen molar-refractivity contribution >= 4 is 0 Å². The summed E-state index contributed by atoms with van der Waals surface area (Å²) >= 11 is 0. The van der Waals surface area contributed by atoms with Gasteiger partial charge >= 0.3 is 0 Å². The highest BCUT2D eigenvalue weighted by Crippen LogP contribution is 2.03. The topological polar surface area (TPSA) is 29.5 Å². The van der Waals surface area contributed by atoms with Crippen LogP contribution < -0.4 is 0 Å². The van der Waals surface area contributed by atoms with E-state index in [0.29, 0.717) is 0 Å². The molecule has 0 heterocycles. The van der Waals surface area contributed by atoms with Crippen molar-refractivity contribution in [3.8, 4) is 0 Å². The molecule has 0 aliphatic carbocycles. The van der Waals surface area contributed by atoms with E-state index in [1.807, 2.05) is 0 Å². The van der Waals surface area contributed by atoms with Crippen LogP contribution in [0.2, 0.25) is 0 Å². The molecule has 0 radical (unpaired) electrons. The van der Waals surface area contributed by atoms with Crippen LogP contribution in [0.1, 0.15) is 26.2 Å². The lowest BCUT2D eigenvalue weighted by molar-refractivity contribution is 0.0706. The fraction of sp³-hybridized carbons (Fsp3) is 1.00. The number of hydrogen-bond acceptors (Lipinski definition) is 2. The van der Waals surface area contributed by atoms with Gasteiger partial charge in [-0.2, -0.15) is 0 Å². The van der Waals surface area contributed by atoms with Crippen LogP contribution in [-0.2, 0) is 4.74 Å². The maximum absolute atomic E-state index is 8.51. The number of ether oxygens (including phenoxy) is 1. The van der Waals surface area contributed by atoms with Gasteiger partial charge in [-0.25, -0.2) is 0 Å². The highest BCUT2D eigenvalue weighted by molar-refractivity contribution is 4.54. The van der Waals surface area contributed by atoms with E-state index >= 15 is 0 Å². The van der Waals surface area contributed by atoms with Crippen LogP contribution >= 0.6 is 0 Å². The zero-order valence-corrected chi connectivity index (χ0v) is 6.26. The molecule has 0 rings (SSSR count). The molecule has 0 bridgehead atoms. The Balaban J connectivity index is 3.18. The highest BCUT2D eigenvalue weighted by Gasteiger charge is 2.02. The van der Waals surface area contributed by atoms with Crippen LogP contribution in [0.25, 0.3) is 0 Å². The van der Waals surface area contributed by atoms with Crippen LogP contribution in [0.15, 0.2) is 0 Å². The van der Waals surface area contributed by atoms with Crippen LogP contribution in [0.4, 0.5) is 0 Å². The number of methoxy groups -OCH3 is 1. The second-order valence-electron chi connectivity index (χ2n) is 2.16. The Morgan fingerprint density at radius 2 is 2.11 bits per heavy atom. The van der Waals surface area contributed by atoms with E-state index in [9.17, 15) is 0 Å². The van der Waals surface area contributed by atoms with Gasteiger partial charge in [0.25, 0.3) is 0 Å². The van der Waals surface area contributed by atoms with Crippen LogP contribution in [0.5, 0.6) is 0 Å². The molecule has 0 spiro atoms. The number of hydrogen-bond donors (Lipinski definition) is 1. The van der Waals surface area contributed by atoms with Crippen molar-refractivity contribution in [2.45, 2.75) is 32.3 Å². The van der Waals surface area contributed by atoms with Crippen LogP contribution in [-0.4, -0.2) is 24.9 Å². The molecule has 9 heavy (non-hydrogen) atoms. The molecule has 1 N–H and O–H groups in total. The van der Waals surface area contributed by atoms with Gasteiger partial charge in [0.05, 0.1) is 6.10 Å². The second-order valence-corrected chi connectivity index (χ2v) is 2.16. The Bertz CT molecular complexity index is 48.9. The quantitative estimate of drug-likeness (QED) is 0.608. The van der Waals surface area contributed by atoms with Crippen molar-refractivity contribution in [3.05, 3.63) is 0 Å². The third kappa shape index (κ3) is 4.43. The molecule has 2 heteroatoms. The third-order valence-corrected chi connectivity index (χ3v) is 1.40. The summed E-state index contributed by atoms with van der Waals surface area (Å²) in [6.07, 6.45) is 3.21. The molecule has 1 atom stereocenters. The predicted molar refractivity (Wildman–Crippen MR) is 37.4 cm³/mol. The summed E-state index contributed by atoms with van der Waals surface area (Å²) in [4.78, 5) is 0. The highest BCUT2D eigenvalue weighted by atomic mass is 16.5. The molecule has 0 amide bonds. The van der Waals surface area contributed by atoms with E-state index in [1.54, 1.807) is 7.11 Å². The van der Waals surface area contributed by atoms with Gasteiger partial charge in [0.15, 0.2) is 0 Å². The van der Waals surface area contributed by atoms with Gasteiger partial charge < -0.3 is 9.84 Å². The molecule has 0 aliphatic heterocycles. The van der Waals surface area contributed by atoms with Crippen molar-refractivity contribution in [1.82, 2.24) is 0 Å². The van der Waals surface area contributed by atoms with Crippen LogP contribution in [0, 0.1) is 0 Å². The van der Waals surface area contributed by atoms with Crippen molar-refractivity contribution in [3.63, 3.8) is 0 Å². The van der Waals surface area contributed by atoms with Crippen molar-refractivity contribution in [2.24, 2.45) is 0 Å². The first-order valence-electron chi connectivity index (χ1n) is 3.48. The van der Waals surface area contributed by atoms with Gasteiger partial charge in [-0.1, -0.05) is 13.3 Å². The first kappa shape index (κ1) is 8.92. The Morgan fingerprint density at radius 1 is 1.44 bits per heavy atom. The molecule has 0 aromatic rings. The molecule has 0 aliphatic rings. The Labute approximate surface area is 56.8 Å². The Hall–Kier alpha value is -0.0800. The van der Waals surface area contributed by atoms with Crippen LogP contribution in [0.3, 0.4) is 0 Å². The fourth-order valence-electron chi connectivity index (χ4n) is 0.846. The average molecular weight is 132 g/mol. The standard InChI is InChI=1S/C7H16O2/c1-3-4-7(9-2)5-6-8/h7-8H,3-6H2,1-2H3. The van der Waals surface area contributed by atoms with Gasteiger partial charge in [-0.3, -0.25) is 0 Å². The average Bonchev–Trinajstić information content (AvgIpc) is 1.88. The zero-order valence-electron chi connectivity index (χ0n) is 6.26. The molecule has 1 unspecified atom stereocenters. The molecule has 0 aromatic carbocycles. The van der Waals surface area contributed by atoms with Gasteiger partial charge in [-0.05, 0) is 12.8 Å². The predicted octanol–water partition coefficient (Wildman–Crippen LogP) is 1.18. The van der Waals surface area contributed by atoms with Crippen molar-refractivity contribution < 1.29 is 9.84 Å². The lowest BCUT2D eigenvalue weighted by atomic mass is 10.1. The van der Waals surface area contributed by atoms with Gasteiger partial charge in [0, 0.05) is 13.7 Å². The maximum Gasteiger partial charge on any atom is 0.0593 e. The monoisotopic (exact) mass is 132 g/mol. The smallest absolute Gasteiger partial charge is 0.0593 e. The third-order valence-electron chi connectivity index (χ3n) is 1.40. The summed E-state index contributed by atoms with van der Waals surface area (Å²) < 4.78 is 5.07. The number of rotatable bonds is 5. The number of aliphatic hydroxyl groups excluding tert-OH is 1. The van der Waals surface area contributed by atoms with E-state index in [-0.39, 0.29) is 12.7 Å². The molecular formula is C7H16O2. The maximum atomic E-state index is 8.51. The van der Waals surface area contributed by atoms with Gasteiger partial charge in [-0.15, -0.1) is 0 Å². The minimum atomic E-state index is 0.235. The summed E-state index contributed by atoms with van der Waals surface area (Å²) in [5, 5.41) is 8.51. The van der Waals surface area contributed by atoms with E-state index < -0.39 is 0 Å². The summed E-state index contributed by atoms with van der Waals surface area (Å²) in [7, 11) is 1.69. The van der Waals surface area contributed by atoms with Crippen molar-refractivity contribution in [2.75, 3.05) is 13.7 Å². The summed E-state index contributed by atoms with van der Waals surface area (Å²) in [5.41, 5.74) is 0. The molecule has 0 aromatic heterocycles. The minimum Gasteiger partial charge on any atom is -0.396 e. The molecule has 2 nitrogen and oxygen atoms in total. The van der Waals surface area contributed by atoms with Crippen molar-refractivity contribution in [1.29, 1.82) is 0 Å². The minimum absolute atomic E-state index is 0.235. The summed E-state index contributed by atoms with van der Waals surface area (Å²) in [6.45, 7) is 2.35. The number of aliphatic hydroxyl groups is 1. The molecular weight excluding hydrogens is 116 g/mol. The summed E-state index contributed by atoms with van der Waals surface area (Å²) in [5.74, 6) is 0. The first-order chi connectivity index (χ1) is 4.35. The lowest BCUT2D eigenvalue weighted by Crippen LogP contribution is -2.11. The zero-order chi connectivity index (χ0) is 7.11. The molecule has 56 valence electrons. The van der Waals surface area contributed by atoms with E-state index in [2.05, 4.69) is 6.92 Å². The normalized spacial score (nSPS) is 13.7. The SMILES string of the molecule is CCCC(CCO)OC. The fourth-order valence-corrected chi connectivity index (χ4v) is 0.846. The Morgan fingerprint density at radius 3 is 2.44 bits per heavy atom. The Kier molecular flexibility index (Phi) is 5.99. The first-order valence-corrected chi connectivity index (χ1v) is 3.48. The second kappa shape index (κ2) is 6.05. The van der Waals surface area contributed by atoms with Gasteiger partial charge in [0.2, 0.25) is 0 Å². The van der Waals surface area contributed by atoms with E-state index in [0.717, 1.165) is 19.3 Å². The summed E-state index contributed by atoms with van der Waals surface area (Å²) in [6, 6.07) is 0. The molecule has 0 saturated carbocycles.